The maximum atomic E-state index is 14.3. The fourth-order valence-corrected chi connectivity index (χ4v) is 3.68. The van der Waals surface area contributed by atoms with E-state index in [1.807, 2.05) is 30.3 Å². The number of hydrogen-bond acceptors (Lipinski definition) is 3. The van der Waals surface area contributed by atoms with Crippen LogP contribution < -0.4 is 5.56 Å². The highest BCUT2D eigenvalue weighted by atomic mass is 35.5. The molecule has 4 aromatic rings. The molecule has 5 rings (SSSR count). The van der Waals surface area contributed by atoms with Gasteiger partial charge in [0.2, 0.25) is 0 Å². The summed E-state index contributed by atoms with van der Waals surface area (Å²) in [6.45, 7) is -0.0278. The normalized spacial score (nSPS) is 13.9. The molecule has 7 heteroatoms. The number of hydrogen-bond donors (Lipinski definition) is 0. The van der Waals surface area contributed by atoms with E-state index in [2.05, 4.69) is 10.2 Å². The summed E-state index contributed by atoms with van der Waals surface area (Å²) in [5, 5.41) is 10.0. The lowest BCUT2D eigenvalue weighted by atomic mass is 10.2. The van der Waals surface area contributed by atoms with E-state index in [4.69, 9.17) is 11.6 Å². The van der Waals surface area contributed by atoms with Crippen molar-refractivity contribution in [2.45, 2.75) is 25.3 Å². The summed E-state index contributed by atoms with van der Waals surface area (Å²) in [5.74, 6) is -0.148. The van der Waals surface area contributed by atoms with Crippen LogP contribution in [0.3, 0.4) is 0 Å². The molecule has 1 aliphatic carbocycles. The van der Waals surface area contributed by atoms with Crippen molar-refractivity contribution in [1.29, 1.82) is 0 Å². The van der Waals surface area contributed by atoms with E-state index in [1.54, 1.807) is 23.0 Å². The average molecular weight is 395 g/mol. The summed E-state index contributed by atoms with van der Waals surface area (Å²) < 4.78 is 17.2. The van der Waals surface area contributed by atoms with Gasteiger partial charge in [-0.05, 0) is 37.1 Å². The lowest BCUT2D eigenvalue weighted by Crippen LogP contribution is -2.27. The average Bonchev–Trinajstić information content (AvgIpc) is 3.45. The van der Waals surface area contributed by atoms with Crippen LogP contribution >= 0.6 is 11.6 Å². The van der Waals surface area contributed by atoms with E-state index in [-0.39, 0.29) is 22.7 Å². The Labute approximate surface area is 165 Å². The first kappa shape index (κ1) is 17.1. The predicted molar refractivity (Wildman–Crippen MR) is 106 cm³/mol. The molecular weight excluding hydrogens is 379 g/mol. The monoisotopic (exact) mass is 394 g/mol. The van der Waals surface area contributed by atoms with Gasteiger partial charge in [-0.15, -0.1) is 0 Å². The molecule has 2 heterocycles. The molecule has 140 valence electrons. The molecule has 0 unspecified atom stereocenters. The minimum Gasteiger partial charge on any atom is -0.265 e. The second kappa shape index (κ2) is 6.56. The van der Waals surface area contributed by atoms with Gasteiger partial charge < -0.3 is 0 Å². The molecule has 0 radical (unpaired) electrons. The molecule has 0 aliphatic heterocycles. The highest BCUT2D eigenvalue weighted by Crippen LogP contribution is 2.41. The highest BCUT2D eigenvalue weighted by molar-refractivity contribution is 6.31. The molecule has 0 bridgehead atoms. The topological polar surface area (TPSA) is 52.7 Å². The van der Waals surface area contributed by atoms with E-state index in [0.29, 0.717) is 11.4 Å². The second-order valence-corrected chi connectivity index (χ2v) is 7.38. The van der Waals surface area contributed by atoms with Crippen molar-refractivity contribution in [1.82, 2.24) is 19.6 Å². The zero-order valence-corrected chi connectivity index (χ0v) is 15.6. The fraction of sp³-hybridized carbons (Fsp3) is 0.190. The maximum absolute atomic E-state index is 14.3. The standard InChI is InChI=1S/C21H16ClFN4O/c22-17-7-4-8-18(23)16(17)12-26-21(28)20-15(19(25-26)13-9-10-13)11-24-27(20)14-5-2-1-3-6-14/h1-8,11,13H,9-10,12H2. The second-order valence-electron chi connectivity index (χ2n) is 6.98. The Kier molecular flexibility index (Phi) is 4.02. The molecule has 0 spiro atoms. The van der Waals surface area contributed by atoms with Crippen molar-refractivity contribution in [3.8, 4) is 5.69 Å². The van der Waals surface area contributed by atoms with Gasteiger partial charge in [0.15, 0.2) is 0 Å². The number of nitrogens with zero attached hydrogens (tertiary/aromatic N) is 4. The predicted octanol–water partition coefficient (Wildman–Crippen LogP) is 4.30. The number of fused-ring (bicyclic) bond motifs is 1. The number of aromatic nitrogens is 4. The number of benzene rings is 2. The molecule has 2 aromatic carbocycles. The molecule has 1 aliphatic rings. The first-order chi connectivity index (χ1) is 13.6. The summed E-state index contributed by atoms with van der Waals surface area (Å²) in [5.41, 5.74) is 2.02. The number of halogens is 2. The van der Waals surface area contributed by atoms with Crippen LogP contribution in [0.5, 0.6) is 0 Å². The van der Waals surface area contributed by atoms with Crippen LogP contribution in [-0.2, 0) is 6.54 Å². The molecule has 1 saturated carbocycles. The zero-order chi connectivity index (χ0) is 19.3. The van der Waals surface area contributed by atoms with Crippen LogP contribution in [0.2, 0.25) is 5.02 Å². The third-order valence-electron chi connectivity index (χ3n) is 5.05. The Bertz CT molecular complexity index is 1220. The van der Waals surface area contributed by atoms with Gasteiger partial charge in [-0.1, -0.05) is 35.9 Å². The van der Waals surface area contributed by atoms with Crippen molar-refractivity contribution < 1.29 is 4.39 Å². The summed E-state index contributed by atoms with van der Waals surface area (Å²) in [4.78, 5) is 13.3. The molecule has 28 heavy (non-hydrogen) atoms. The Balaban J connectivity index is 1.74. The van der Waals surface area contributed by atoms with Gasteiger partial charge in [-0.2, -0.15) is 10.2 Å². The van der Waals surface area contributed by atoms with Crippen molar-refractivity contribution in [2.24, 2.45) is 0 Å². The third-order valence-corrected chi connectivity index (χ3v) is 5.40. The van der Waals surface area contributed by atoms with Crippen LogP contribution in [-0.4, -0.2) is 19.6 Å². The van der Waals surface area contributed by atoms with Crippen LogP contribution in [0.15, 0.2) is 59.5 Å². The summed E-state index contributed by atoms with van der Waals surface area (Å²) in [6.07, 6.45) is 3.75. The van der Waals surface area contributed by atoms with Crippen molar-refractivity contribution in [3.05, 3.63) is 87.2 Å². The van der Waals surface area contributed by atoms with Crippen LogP contribution in [0.1, 0.15) is 30.0 Å². The van der Waals surface area contributed by atoms with E-state index in [0.717, 1.165) is 29.6 Å². The number of para-hydroxylation sites is 1. The molecule has 2 aromatic heterocycles. The van der Waals surface area contributed by atoms with Gasteiger partial charge in [0, 0.05) is 21.9 Å². The van der Waals surface area contributed by atoms with E-state index in [1.165, 1.54) is 10.7 Å². The first-order valence-electron chi connectivity index (χ1n) is 9.10. The molecule has 0 atom stereocenters. The van der Waals surface area contributed by atoms with Crippen LogP contribution in [0.25, 0.3) is 16.6 Å². The van der Waals surface area contributed by atoms with Gasteiger partial charge in [0.25, 0.3) is 5.56 Å². The zero-order valence-electron chi connectivity index (χ0n) is 14.8. The van der Waals surface area contributed by atoms with Crippen molar-refractivity contribution >= 4 is 22.5 Å². The molecule has 1 fully saturated rings. The summed E-state index contributed by atoms with van der Waals surface area (Å²) in [6, 6.07) is 14.0. The van der Waals surface area contributed by atoms with E-state index >= 15 is 0 Å². The van der Waals surface area contributed by atoms with Gasteiger partial charge in [0.1, 0.15) is 11.3 Å². The SMILES string of the molecule is O=c1c2c(cnn2-c2ccccc2)c(C2CC2)nn1Cc1c(F)cccc1Cl. The van der Waals surface area contributed by atoms with Crippen LogP contribution in [0.4, 0.5) is 4.39 Å². The number of rotatable bonds is 4. The minimum atomic E-state index is -0.453. The van der Waals surface area contributed by atoms with Crippen molar-refractivity contribution in [2.75, 3.05) is 0 Å². The lowest BCUT2D eigenvalue weighted by molar-refractivity contribution is 0.569. The van der Waals surface area contributed by atoms with Crippen LogP contribution in [0, 0.1) is 5.82 Å². The molecular formula is C21H16ClFN4O. The maximum Gasteiger partial charge on any atom is 0.293 e. The quantitative estimate of drug-likeness (QED) is 0.518. The summed E-state index contributed by atoms with van der Waals surface area (Å²) in [7, 11) is 0. The van der Waals surface area contributed by atoms with Gasteiger partial charge in [0.05, 0.1) is 24.1 Å². The Morgan fingerprint density at radius 2 is 1.89 bits per heavy atom. The minimum absolute atomic E-state index is 0.0278. The Morgan fingerprint density at radius 1 is 1.11 bits per heavy atom. The van der Waals surface area contributed by atoms with Gasteiger partial charge in [-0.3, -0.25) is 4.79 Å². The van der Waals surface area contributed by atoms with E-state index < -0.39 is 5.82 Å². The largest absolute Gasteiger partial charge is 0.293 e. The smallest absolute Gasteiger partial charge is 0.265 e. The first-order valence-corrected chi connectivity index (χ1v) is 9.48. The van der Waals surface area contributed by atoms with E-state index in [9.17, 15) is 9.18 Å². The lowest BCUT2D eigenvalue weighted by Gasteiger charge is -2.11. The molecule has 0 saturated heterocycles. The molecule has 0 N–H and O–H groups in total. The molecule has 0 amide bonds. The summed E-state index contributed by atoms with van der Waals surface area (Å²) >= 11 is 6.17. The van der Waals surface area contributed by atoms with Gasteiger partial charge >= 0.3 is 0 Å². The Morgan fingerprint density at radius 3 is 2.61 bits per heavy atom. The van der Waals surface area contributed by atoms with Crippen molar-refractivity contribution in [3.63, 3.8) is 0 Å². The Hall–Kier alpha value is -2.99. The highest BCUT2D eigenvalue weighted by Gasteiger charge is 2.30. The third kappa shape index (κ3) is 2.81. The van der Waals surface area contributed by atoms with Gasteiger partial charge in [-0.25, -0.2) is 13.8 Å². The fourth-order valence-electron chi connectivity index (χ4n) is 3.46. The molecule has 5 nitrogen and oxygen atoms in total.